The van der Waals surface area contributed by atoms with Crippen molar-refractivity contribution in [2.45, 2.75) is 38.5 Å². The summed E-state index contributed by atoms with van der Waals surface area (Å²) in [5.74, 6) is 0.967. The molecule has 8 nitrogen and oxygen atoms in total. The normalized spacial score (nSPS) is 21.3. The van der Waals surface area contributed by atoms with Crippen molar-refractivity contribution in [3.63, 3.8) is 0 Å². The van der Waals surface area contributed by atoms with Crippen LogP contribution in [-0.2, 0) is 0 Å². The molecule has 3 heterocycles. The highest BCUT2D eigenvalue weighted by atomic mass is 19.3. The van der Waals surface area contributed by atoms with Gasteiger partial charge in [-0.1, -0.05) is 0 Å². The van der Waals surface area contributed by atoms with Crippen LogP contribution in [0.4, 0.5) is 20.4 Å². The van der Waals surface area contributed by atoms with E-state index in [1.807, 2.05) is 0 Å². The van der Waals surface area contributed by atoms with Gasteiger partial charge in [-0.15, -0.1) is 5.10 Å². The first kappa shape index (κ1) is 17.3. The van der Waals surface area contributed by atoms with Crippen LogP contribution in [0.1, 0.15) is 19.8 Å². The van der Waals surface area contributed by atoms with Gasteiger partial charge < -0.3 is 19.7 Å². The molecule has 0 unspecified atom stereocenters. The second-order valence-electron chi connectivity index (χ2n) is 5.96. The Labute approximate surface area is 143 Å². The fraction of sp³-hybridized carbons (Fsp3) is 0.533. The van der Waals surface area contributed by atoms with Crippen LogP contribution < -0.4 is 14.8 Å². The number of aromatic nitrogens is 4. The molecule has 25 heavy (non-hydrogen) atoms. The fourth-order valence-corrected chi connectivity index (χ4v) is 2.65. The van der Waals surface area contributed by atoms with Crippen molar-refractivity contribution in [3.8, 4) is 11.8 Å². The maximum Gasteiger partial charge on any atom is 0.388 e. The summed E-state index contributed by atoms with van der Waals surface area (Å²) in [6, 6.07) is 1.76. The topological polar surface area (TPSA) is 88.2 Å². The molecule has 1 saturated heterocycles. The molecular weight excluding hydrogens is 334 g/mol. The van der Waals surface area contributed by atoms with Crippen LogP contribution >= 0.6 is 0 Å². The number of aromatic amines is 1. The predicted molar refractivity (Wildman–Crippen MR) is 86.3 cm³/mol. The number of nitrogens with one attached hydrogen (secondary N) is 2. The van der Waals surface area contributed by atoms with E-state index >= 15 is 0 Å². The third kappa shape index (κ3) is 4.75. The minimum Gasteiger partial charge on any atom is -0.473 e. The van der Waals surface area contributed by atoms with E-state index in [2.05, 4.69) is 49.1 Å². The number of piperidine rings is 1. The highest BCUT2D eigenvalue weighted by Crippen LogP contribution is 2.22. The van der Waals surface area contributed by atoms with E-state index in [0.29, 0.717) is 23.6 Å². The highest BCUT2D eigenvalue weighted by Gasteiger charge is 2.24. The maximum absolute atomic E-state index is 12.1. The lowest BCUT2D eigenvalue weighted by Gasteiger charge is -2.34. The SMILES string of the molecule is C[C@H]1C[C@H](Oc2cncc(Nc3cc(OC(F)F)n[nH]3)n2)CCN1C. The smallest absolute Gasteiger partial charge is 0.388 e. The van der Waals surface area contributed by atoms with E-state index in [1.165, 1.54) is 12.3 Å². The summed E-state index contributed by atoms with van der Waals surface area (Å²) in [6.07, 6.45) is 4.99. The molecule has 3 rings (SSSR count). The third-order valence-corrected chi connectivity index (χ3v) is 4.09. The number of H-pyrrole nitrogens is 1. The van der Waals surface area contributed by atoms with Crippen LogP contribution in [0.3, 0.4) is 0 Å². The van der Waals surface area contributed by atoms with Gasteiger partial charge in [0.1, 0.15) is 11.9 Å². The Bertz CT molecular complexity index is 698. The second-order valence-corrected chi connectivity index (χ2v) is 5.96. The minimum atomic E-state index is -2.93. The van der Waals surface area contributed by atoms with E-state index in [0.717, 1.165) is 19.4 Å². The number of rotatable bonds is 6. The molecule has 0 saturated carbocycles. The molecule has 136 valence electrons. The number of likely N-dealkylation sites (tertiary alicyclic amines) is 1. The molecule has 1 fully saturated rings. The zero-order valence-corrected chi connectivity index (χ0v) is 13.9. The van der Waals surface area contributed by atoms with E-state index in [-0.39, 0.29) is 12.0 Å². The zero-order chi connectivity index (χ0) is 17.8. The average Bonchev–Trinajstić information content (AvgIpc) is 2.97. The summed E-state index contributed by atoms with van der Waals surface area (Å²) >= 11 is 0. The standard InChI is InChI=1S/C15H20F2N6O2/c1-9-5-10(3-4-23(9)2)24-14-8-18-7-12(20-14)19-11-6-13(22-21-11)25-15(16)17/h6-10,15H,3-5H2,1-2H3,(H2,19,20,21,22)/t9-,10+/m0/s1. The summed E-state index contributed by atoms with van der Waals surface area (Å²) in [4.78, 5) is 10.7. The van der Waals surface area contributed by atoms with Crippen molar-refractivity contribution in [2.75, 3.05) is 18.9 Å². The lowest BCUT2D eigenvalue weighted by molar-refractivity contribution is -0.0528. The van der Waals surface area contributed by atoms with Crippen LogP contribution in [-0.4, -0.2) is 57.4 Å². The maximum atomic E-state index is 12.1. The quantitative estimate of drug-likeness (QED) is 0.823. The van der Waals surface area contributed by atoms with Gasteiger partial charge in [-0.2, -0.15) is 13.8 Å². The number of ether oxygens (including phenoxy) is 2. The van der Waals surface area contributed by atoms with Gasteiger partial charge in [0.15, 0.2) is 5.82 Å². The first-order valence-electron chi connectivity index (χ1n) is 7.96. The van der Waals surface area contributed by atoms with Crippen LogP contribution in [0, 0.1) is 0 Å². The molecule has 0 bridgehead atoms. The van der Waals surface area contributed by atoms with Gasteiger partial charge in [0.05, 0.1) is 12.4 Å². The molecule has 0 spiro atoms. The highest BCUT2D eigenvalue weighted by molar-refractivity contribution is 5.51. The minimum absolute atomic E-state index is 0.0916. The van der Waals surface area contributed by atoms with Gasteiger partial charge in [-0.3, -0.25) is 10.1 Å². The number of hydrogen-bond acceptors (Lipinski definition) is 7. The number of nitrogens with zero attached hydrogens (tertiary/aromatic N) is 4. The lowest BCUT2D eigenvalue weighted by atomic mass is 10.0. The van der Waals surface area contributed by atoms with Crippen molar-refractivity contribution < 1.29 is 18.3 Å². The van der Waals surface area contributed by atoms with Gasteiger partial charge in [0, 0.05) is 18.7 Å². The Morgan fingerprint density at radius 1 is 1.36 bits per heavy atom. The average molecular weight is 354 g/mol. The van der Waals surface area contributed by atoms with Crippen LogP contribution in [0.25, 0.3) is 0 Å². The lowest BCUT2D eigenvalue weighted by Crippen LogP contribution is -2.42. The molecule has 2 aromatic heterocycles. The van der Waals surface area contributed by atoms with Crippen LogP contribution in [0.2, 0.25) is 0 Å². The van der Waals surface area contributed by atoms with Gasteiger partial charge in [-0.25, -0.2) is 0 Å². The Morgan fingerprint density at radius 3 is 2.96 bits per heavy atom. The Kier molecular flexibility index (Phi) is 5.27. The summed E-state index contributed by atoms with van der Waals surface area (Å²) < 4.78 is 34.4. The van der Waals surface area contributed by atoms with Gasteiger partial charge in [0.2, 0.25) is 11.8 Å². The monoisotopic (exact) mass is 354 g/mol. The molecule has 1 aliphatic rings. The molecule has 2 atom stereocenters. The van der Waals surface area contributed by atoms with Gasteiger partial charge in [0.25, 0.3) is 0 Å². The number of halogens is 2. The number of hydrogen-bond donors (Lipinski definition) is 2. The van der Waals surface area contributed by atoms with Crippen molar-refractivity contribution >= 4 is 11.6 Å². The first-order valence-corrected chi connectivity index (χ1v) is 7.96. The summed E-state index contributed by atoms with van der Waals surface area (Å²) in [6.45, 7) is 0.207. The van der Waals surface area contributed by atoms with Crippen LogP contribution in [0.15, 0.2) is 18.5 Å². The molecule has 10 heteroatoms. The van der Waals surface area contributed by atoms with Gasteiger partial charge in [-0.05, 0) is 26.8 Å². The third-order valence-electron chi connectivity index (χ3n) is 4.09. The summed E-state index contributed by atoms with van der Waals surface area (Å²) in [7, 11) is 2.10. The molecule has 1 aliphatic heterocycles. The molecule has 2 aromatic rings. The Balaban J connectivity index is 1.60. The fourth-order valence-electron chi connectivity index (χ4n) is 2.65. The predicted octanol–water partition coefficient (Wildman–Crippen LogP) is 2.41. The van der Waals surface area contributed by atoms with Crippen molar-refractivity contribution in [1.29, 1.82) is 0 Å². The second kappa shape index (κ2) is 7.60. The molecule has 0 amide bonds. The first-order chi connectivity index (χ1) is 12.0. The Morgan fingerprint density at radius 2 is 2.20 bits per heavy atom. The van der Waals surface area contributed by atoms with Crippen molar-refractivity contribution in [3.05, 3.63) is 18.5 Å². The van der Waals surface area contributed by atoms with Crippen molar-refractivity contribution in [2.24, 2.45) is 0 Å². The van der Waals surface area contributed by atoms with E-state index in [1.54, 1.807) is 6.20 Å². The molecular formula is C15H20F2N6O2. The van der Waals surface area contributed by atoms with Crippen LogP contribution in [0.5, 0.6) is 11.8 Å². The molecule has 2 N–H and O–H groups in total. The van der Waals surface area contributed by atoms with E-state index in [4.69, 9.17) is 4.74 Å². The summed E-state index contributed by atoms with van der Waals surface area (Å²) in [5.41, 5.74) is 0. The molecule has 0 aromatic carbocycles. The van der Waals surface area contributed by atoms with E-state index in [9.17, 15) is 8.78 Å². The largest absolute Gasteiger partial charge is 0.473 e. The Hall–Kier alpha value is -2.49. The number of anilines is 2. The van der Waals surface area contributed by atoms with Gasteiger partial charge >= 0.3 is 6.61 Å². The molecule has 0 radical (unpaired) electrons. The number of alkyl halides is 2. The van der Waals surface area contributed by atoms with Crippen molar-refractivity contribution in [1.82, 2.24) is 25.1 Å². The zero-order valence-electron chi connectivity index (χ0n) is 13.9. The van der Waals surface area contributed by atoms with E-state index < -0.39 is 6.61 Å². The summed E-state index contributed by atoms with van der Waals surface area (Å²) in [5, 5.41) is 9.03. The molecule has 0 aliphatic carbocycles.